The number of hydrogen-bond donors (Lipinski definition) is 2. The van der Waals surface area contributed by atoms with Crippen molar-refractivity contribution in [1.82, 2.24) is 10.6 Å². The number of piperidine rings is 1. The highest BCUT2D eigenvalue weighted by atomic mass is 32.2. The molecule has 4 nitrogen and oxygen atoms in total. The smallest absolute Gasteiger partial charge is 0.227 e. The van der Waals surface area contributed by atoms with Gasteiger partial charge in [0.1, 0.15) is 0 Å². The van der Waals surface area contributed by atoms with Crippen LogP contribution in [0.5, 0.6) is 0 Å². The zero-order chi connectivity index (χ0) is 12.7. The van der Waals surface area contributed by atoms with Crippen LogP contribution in [0, 0.1) is 5.41 Å². The summed E-state index contributed by atoms with van der Waals surface area (Å²) >= 11 is 0. The molecule has 1 aliphatic heterocycles. The molecular weight excluding hydrogens is 236 g/mol. The van der Waals surface area contributed by atoms with E-state index in [1.165, 1.54) is 0 Å². The highest BCUT2D eigenvalue weighted by Gasteiger charge is 2.38. The average molecular weight is 260 g/mol. The Morgan fingerprint density at radius 3 is 2.82 bits per heavy atom. The first-order valence-electron chi connectivity index (χ1n) is 6.40. The second kappa shape index (κ2) is 7.11. The Morgan fingerprint density at radius 1 is 1.53 bits per heavy atom. The summed E-state index contributed by atoms with van der Waals surface area (Å²) in [6, 6.07) is 0. The van der Waals surface area contributed by atoms with Gasteiger partial charge in [-0.15, -0.1) is 0 Å². The molecular formula is C12H24N2O2S. The SMILES string of the molecule is CCCC1(C(=O)NCCS(C)=O)CCCNC1. The zero-order valence-corrected chi connectivity index (χ0v) is 11.7. The number of hydrogen-bond acceptors (Lipinski definition) is 3. The first kappa shape index (κ1) is 14.6. The van der Waals surface area contributed by atoms with Gasteiger partial charge in [0.05, 0.1) is 5.41 Å². The molecule has 17 heavy (non-hydrogen) atoms. The molecule has 1 aliphatic rings. The van der Waals surface area contributed by atoms with Gasteiger partial charge in [0, 0.05) is 35.9 Å². The average Bonchev–Trinajstić information content (AvgIpc) is 2.30. The topological polar surface area (TPSA) is 58.2 Å². The number of amides is 1. The molecule has 1 saturated heterocycles. The molecule has 2 unspecified atom stereocenters. The van der Waals surface area contributed by atoms with Crippen molar-refractivity contribution in [3.8, 4) is 0 Å². The molecule has 0 bridgehead atoms. The van der Waals surface area contributed by atoms with Crippen LogP contribution in [0.4, 0.5) is 0 Å². The Labute approximate surface area is 106 Å². The van der Waals surface area contributed by atoms with Crippen LogP contribution in [-0.2, 0) is 15.6 Å². The van der Waals surface area contributed by atoms with E-state index in [1.807, 2.05) is 0 Å². The molecule has 0 aromatic carbocycles. The lowest BCUT2D eigenvalue weighted by atomic mass is 9.76. The van der Waals surface area contributed by atoms with Gasteiger partial charge < -0.3 is 10.6 Å². The Bertz CT molecular complexity index is 270. The minimum atomic E-state index is -0.835. The summed E-state index contributed by atoms with van der Waals surface area (Å²) in [6.45, 7) is 4.43. The van der Waals surface area contributed by atoms with Crippen molar-refractivity contribution in [3.05, 3.63) is 0 Å². The molecule has 2 atom stereocenters. The van der Waals surface area contributed by atoms with Gasteiger partial charge in [-0.2, -0.15) is 0 Å². The third kappa shape index (κ3) is 4.39. The van der Waals surface area contributed by atoms with Gasteiger partial charge in [-0.3, -0.25) is 9.00 Å². The van der Waals surface area contributed by atoms with Crippen LogP contribution in [-0.4, -0.2) is 41.8 Å². The van der Waals surface area contributed by atoms with Gasteiger partial charge in [-0.1, -0.05) is 13.3 Å². The van der Waals surface area contributed by atoms with Gasteiger partial charge in [0.2, 0.25) is 5.91 Å². The van der Waals surface area contributed by atoms with Crippen molar-refractivity contribution in [2.45, 2.75) is 32.6 Å². The predicted molar refractivity (Wildman–Crippen MR) is 71.4 cm³/mol. The highest BCUT2D eigenvalue weighted by molar-refractivity contribution is 7.84. The summed E-state index contributed by atoms with van der Waals surface area (Å²) in [5.41, 5.74) is -0.234. The molecule has 2 N–H and O–H groups in total. The molecule has 1 fully saturated rings. The van der Waals surface area contributed by atoms with Crippen molar-refractivity contribution < 1.29 is 9.00 Å². The Hall–Kier alpha value is -0.420. The molecule has 0 aromatic heterocycles. The molecule has 0 spiro atoms. The van der Waals surface area contributed by atoms with Gasteiger partial charge in [0.25, 0.3) is 0 Å². The van der Waals surface area contributed by atoms with Gasteiger partial charge >= 0.3 is 0 Å². The summed E-state index contributed by atoms with van der Waals surface area (Å²) < 4.78 is 11.0. The second-order valence-corrected chi connectivity index (χ2v) is 6.40. The standard InChI is InChI=1S/C12H24N2O2S/c1-3-5-12(6-4-7-13-10-12)11(15)14-8-9-17(2)16/h13H,3-10H2,1-2H3,(H,14,15). The normalized spacial score (nSPS) is 26.5. The number of nitrogens with one attached hydrogen (secondary N) is 2. The van der Waals surface area contributed by atoms with E-state index >= 15 is 0 Å². The van der Waals surface area contributed by atoms with E-state index in [2.05, 4.69) is 17.6 Å². The molecule has 1 amide bonds. The van der Waals surface area contributed by atoms with E-state index in [4.69, 9.17) is 0 Å². The predicted octanol–water partition coefficient (Wildman–Crippen LogP) is 0.651. The minimum Gasteiger partial charge on any atom is -0.355 e. The zero-order valence-electron chi connectivity index (χ0n) is 10.9. The van der Waals surface area contributed by atoms with E-state index in [0.29, 0.717) is 12.3 Å². The van der Waals surface area contributed by atoms with Crippen LogP contribution in [0.2, 0.25) is 0 Å². The van der Waals surface area contributed by atoms with Crippen molar-refractivity contribution >= 4 is 16.7 Å². The van der Waals surface area contributed by atoms with Crippen LogP contribution in [0.15, 0.2) is 0 Å². The molecule has 0 aliphatic carbocycles. The van der Waals surface area contributed by atoms with Crippen molar-refractivity contribution in [1.29, 1.82) is 0 Å². The van der Waals surface area contributed by atoms with Crippen LogP contribution in [0.25, 0.3) is 0 Å². The fourth-order valence-corrected chi connectivity index (χ4v) is 2.85. The van der Waals surface area contributed by atoms with E-state index in [9.17, 15) is 9.00 Å². The van der Waals surface area contributed by atoms with Crippen molar-refractivity contribution in [3.63, 3.8) is 0 Å². The van der Waals surface area contributed by atoms with E-state index in [1.54, 1.807) is 6.26 Å². The van der Waals surface area contributed by atoms with Crippen LogP contribution < -0.4 is 10.6 Å². The van der Waals surface area contributed by atoms with Crippen molar-refractivity contribution in [2.75, 3.05) is 31.6 Å². The van der Waals surface area contributed by atoms with E-state index in [-0.39, 0.29) is 11.3 Å². The lowest BCUT2D eigenvalue weighted by Crippen LogP contribution is -2.51. The molecule has 1 rings (SSSR count). The summed E-state index contributed by atoms with van der Waals surface area (Å²) in [5.74, 6) is 0.679. The number of rotatable bonds is 6. The lowest BCUT2D eigenvalue weighted by molar-refractivity contribution is -0.132. The molecule has 5 heteroatoms. The van der Waals surface area contributed by atoms with Gasteiger partial charge in [-0.25, -0.2) is 0 Å². The Kier molecular flexibility index (Phi) is 6.12. The Morgan fingerprint density at radius 2 is 2.29 bits per heavy atom. The van der Waals surface area contributed by atoms with E-state index < -0.39 is 10.8 Å². The fourth-order valence-electron chi connectivity index (χ4n) is 2.46. The third-order valence-corrected chi connectivity index (χ3v) is 4.14. The first-order chi connectivity index (χ1) is 8.10. The largest absolute Gasteiger partial charge is 0.355 e. The maximum Gasteiger partial charge on any atom is 0.227 e. The number of carbonyl (C=O) groups is 1. The van der Waals surface area contributed by atoms with Crippen LogP contribution >= 0.6 is 0 Å². The van der Waals surface area contributed by atoms with Gasteiger partial charge in [-0.05, 0) is 25.8 Å². The first-order valence-corrected chi connectivity index (χ1v) is 8.12. The second-order valence-electron chi connectivity index (χ2n) is 4.84. The van der Waals surface area contributed by atoms with E-state index in [0.717, 1.165) is 38.8 Å². The molecule has 1 heterocycles. The Balaban J connectivity index is 2.50. The summed E-state index contributed by atoms with van der Waals surface area (Å²) in [7, 11) is -0.835. The molecule has 100 valence electrons. The maximum atomic E-state index is 12.2. The van der Waals surface area contributed by atoms with Gasteiger partial charge in [0.15, 0.2) is 0 Å². The molecule has 0 radical (unpaired) electrons. The fraction of sp³-hybridized carbons (Fsp3) is 0.917. The van der Waals surface area contributed by atoms with Crippen LogP contribution in [0.3, 0.4) is 0 Å². The molecule has 0 aromatic rings. The molecule has 0 saturated carbocycles. The van der Waals surface area contributed by atoms with Crippen LogP contribution in [0.1, 0.15) is 32.6 Å². The lowest BCUT2D eigenvalue weighted by Gasteiger charge is -2.36. The quantitative estimate of drug-likeness (QED) is 0.737. The summed E-state index contributed by atoms with van der Waals surface area (Å²) in [6.07, 6.45) is 5.65. The summed E-state index contributed by atoms with van der Waals surface area (Å²) in [5, 5.41) is 6.26. The monoisotopic (exact) mass is 260 g/mol. The third-order valence-electron chi connectivity index (χ3n) is 3.36. The van der Waals surface area contributed by atoms with Crippen molar-refractivity contribution in [2.24, 2.45) is 5.41 Å². The highest BCUT2D eigenvalue weighted by Crippen LogP contribution is 2.31. The number of carbonyl (C=O) groups excluding carboxylic acids is 1. The maximum absolute atomic E-state index is 12.2. The minimum absolute atomic E-state index is 0.136. The summed E-state index contributed by atoms with van der Waals surface area (Å²) in [4.78, 5) is 12.2.